The van der Waals surface area contributed by atoms with Crippen LogP contribution < -0.4 is 5.32 Å². The second-order valence-corrected chi connectivity index (χ2v) is 6.28. The maximum atomic E-state index is 11.9. The Morgan fingerprint density at radius 2 is 2.00 bits per heavy atom. The van der Waals surface area contributed by atoms with E-state index in [4.69, 9.17) is 16.0 Å². The quantitative estimate of drug-likeness (QED) is 0.859. The van der Waals surface area contributed by atoms with Crippen molar-refractivity contribution in [3.05, 3.63) is 58.5 Å². The smallest absolute Gasteiger partial charge is 0.230 e. The van der Waals surface area contributed by atoms with Crippen molar-refractivity contribution < 1.29 is 9.21 Å². The van der Waals surface area contributed by atoms with Crippen molar-refractivity contribution in [2.45, 2.75) is 25.6 Å². The van der Waals surface area contributed by atoms with E-state index < -0.39 is 0 Å². The Kier molecular flexibility index (Phi) is 5.76. The van der Waals surface area contributed by atoms with Crippen molar-refractivity contribution >= 4 is 29.3 Å². The molecule has 1 unspecified atom stereocenters. The van der Waals surface area contributed by atoms with Crippen LogP contribution in [0, 0.1) is 6.92 Å². The maximum absolute atomic E-state index is 11.9. The highest BCUT2D eigenvalue weighted by molar-refractivity contribution is 7.99. The van der Waals surface area contributed by atoms with Gasteiger partial charge in [0.1, 0.15) is 11.5 Å². The first-order chi connectivity index (χ1) is 10.0. The molecule has 1 N–H and O–H groups in total. The second kappa shape index (κ2) is 7.57. The number of hydrogen-bond donors (Lipinski definition) is 1. The van der Waals surface area contributed by atoms with Gasteiger partial charge in [-0.3, -0.25) is 4.79 Å². The molecule has 0 bridgehead atoms. The summed E-state index contributed by atoms with van der Waals surface area (Å²) in [4.78, 5) is 11.9. The third-order valence-electron chi connectivity index (χ3n) is 2.98. The predicted molar refractivity (Wildman–Crippen MR) is 87.6 cm³/mol. The van der Waals surface area contributed by atoms with Crippen molar-refractivity contribution in [1.82, 2.24) is 5.32 Å². The summed E-state index contributed by atoms with van der Waals surface area (Å²) in [5.41, 5.74) is 1.16. The normalized spacial score (nSPS) is 12.1. The van der Waals surface area contributed by atoms with Crippen molar-refractivity contribution in [2.24, 2.45) is 0 Å². The first-order valence-electron chi connectivity index (χ1n) is 6.72. The van der Waals surface area contributed by atoms with Gasteiger partial charge in [-0.25, -0.2) is 0 Å². The van der Waals surface area contributed by atoms with Gasteiger partial charge in [-0.1, -0.05) is 23.7 Å². The molecule has 1 aromatic carbocycles. The molecular formula is C16H18ClNO2S. The number of amides is 1. The Morgan fingerprint density at radius 1 is 1.29 bits per heavy atom. The Balaban J connectivity index is 1.73. The van der Waals surface area contributed by atoms with Crippen LogP contribution >= 0.6 is 23.4 Å². The topological polar surface area (TPSA) is 42.2 Å². The van der Waals surface area contributed by atoms with E-state index in [0.29, 0.717) is 5.75 Å². The largest absolute Gasteiger partial charge is 0.464 e. The van der Waals surface area contributed by atoms with Crippen molar-refractivity contribution in [2.75, 3.05) is 5.75 Å². The van der Waals surface area contributed by atoms with Crippen LogP contribution in [0.2, 0.25) is 5.02 Å². The Morgan fingerprint density at radius 3 is 2.62 bits per heavy atom. The molecule has 0 saturated heterocycles. The average Bonchev–Trinajstić information content (AvgIpc) is 2.88. The number of carbonyl (C=O) groups excluding carboxylic acids is 1. The van der Waals surface area contributed by atoms with Crippen LogP contribution in [-0.2, 0) is 10.5 Å². The summed E-state index contributed by atoms with van der Waals surface area (Å²) in [5, 5.41) is 3.66. The summed E-state index contributed by atoms with van der Waals surface area (Å²) in [6.07, 6.45) is 0. The molecule has 0 aliphatic rings. The molecular weight excluding hydrogens is 306 g/mol. The van der Waals surface area contributed by atoms with Gasteiger partial charge in [0, 0.05) is 10.8 Å². The first kappa shape index (κ1) is 16.0. The number of hydrogen-bond acceptors (Lipinski definition) is 3. The molecule has 0 fully saturated rings. The summed E-state index contributed by atoms with van der Waals surface area (Å²) >= 11 is 7.41. The van der Waals surface area contributed by atoms with Gasteiger partial charge < -0.3 is 9.73 Å². The standard InChI is InChI=1S/C16H18ClNO2S/c1-11-3-8-15(20-11)12(2)18-16(19)10-21-9-13-4-6-14(17)7-5-13/h3-8,12H,9-10H2,1-2H3,(H,18,19). The zero-order chi connectivity index (χ0) is 15.2. The molecule has 1 heterocycles. The van der Waals surface area contributed by atoms with Gasteiger partial charge in [-0.15, -0.1) is 11.8 Å². The number of halogens is 1. The van der Waals surface area contributed by atoms with Crippen LogP contribution in [-0.4, -0.2) is 11.7 Å². The number of aryl methyl sites for hydroxylation is 1. The minimum atomic E-state index is -0.109. The van der Waals surface area contributed by atoms with Crippen LogP contribution in [0.1, 0.15) is 30.0 Å². The van der Waals surface area contributed by atoms with E-state index in [0.717, 1.165) is 27.9 Å². The molecule has 0 radical (unpaired) electrons. The molecule has 2 rings (SSSR count). The number of nitrogens with one attached hydrogen (secondary N) is 1. The average molecular weight is 324 g/mol. The fourth-order valence-corrected chi connectivity index (χ4v) is 2.81. The van der Waals surface area contributed by atoms with Gasteiger partial charge in [0.2, 0.25) is 5.91 Å². The highest BCUT2D eigenvalue weighted by Gasteiger charge is 2.12. The van der Waals surface area contributed by atoms with Crippen molar-refractivity contribution in [1.29, 1.82) is 0 Å². The van der Waals surface area contributed by atoms with E-state index in [1.807, 2.05) is 50.2 Å². The molecule has 5 heteroatoms. The lowest BCUT2D eigenvalue weighted by molar-refractivity contribution is -0.119. The minimum absolute atomic E-state index is 0.00974. The third-order valence-corrected chi connectivity index (χ3v) is 4.24. The van der Waals surface area contributed by atoms with E-state index in [1.165, 1.54) is 0 Å². The zero-order valence-corrected chi connectivity index (χ0v) is 13.6. The molecule has 0 aliphatic heterocycles. The van der Waals surface area contributed by atoms with Gasteiger partial charge >= 0.3 is 0 Å². The third kappa shape index (κ3) is 5.14. The number of thioether (sulfide) groups is 1. The molecule has 21 heavy (non-hydrogen) atoms. The summed E-state index contributed by atoms with van der Waals surface area (Å²) in [6, 6.07) is 11.3. The van der Waals surface area contributed by atoms with Crippen LogP contribution in [0.5, 0.6) is 0 Å². The lowest BCUT2D eigenvalue weighted by atomic mass is 10.2. The molecule has 0 aliphatic carbocycles. The van der Waals surface area contributed by atoms with Crippen LogP contribution in [0.4, 0.5) is 0 Å². The first-order valence-corrected chi connectivity index (χ1v) is 8.26. The van der Waals surface area contributed by atoms with Gasteiger partial charge in [0.25, 0.3) is 0 Å². The fraction of sp³-hybridized carbons (Fsp3) is 0.312. The lowest BCUT2D eigenvalue weighted by Crippen LogP contribution is -2.28. The number of carbonyl (C=O) groups is 1. The van der Waals surface area contributed by atoms with Gasteiger partial charge in [0.05, 0.1) is 11.8 Å². The summed E-state index contributed by atoms with van der Waals surface area (Å²) in [5.74, 6) is 2.85. The fourth-order valence-electron chi connectivity index (χ4n) is 1.88. The van der Waals surface area contributed by atoms with E-state index in [9.17, 15) is 4.79 Å². The summed E-state index contributed by atoms with van der Waals surface area (Å²) < 4.78 is 5.50. The molecule has 1 amide bonds. The van der Waals surface area contributed by atoms with E-state index in [-0.39, 0.29) is 11.9 Å². The highest BCUT2D eigenvalue weighted by atomic mass is 35.5. The second-order valence-electron chi connectivity index (χ2n) is 4.86. The zero-order valence-electron chi connectivity index (χ0n) is 12.1. The molecule has 0 saturated carbocycles. The Hall–Kier alpha value is -1.39. The van der Waals surface area contributed by atoms with Crippen LogP contribution in [0.15, 0.2) is 40.8 Å². The Labute approximate surface area is 134 Å². The molecule has 1 aromatic heterocycles. The maximum Gasteiger partial charge on any atom is 0.230 e. The molecule has 112 valence electrons. The summed E-state index contributed by atoms with van der Waals surface area (Å²) in [7, 11) is 0. The van der Waals surface area contributed by atoms with Crippen molar-refractivity contribution in [3.8, 4) is 0 Å². The molecule has 3 nitrogen and oxygen atoms in total. The summed E-state index contributed by atoms with van der Waals surface area (Å²) in [6.45, 7) is 3.81. The van der Waals surface area contributed by atoms with E-state index >= 15 is 0 Å². The lowest BCUT2D eigenvalue weighted by Gasteiger charge is -2.11. The number of furan rings is 1. The predicted octanol–water partition coefficient (Wildman–Crippen LogP) is 4.35. The van der Waals surface area contributed by atoms with E-state index in [2.05, 4.69) is 5.32 Å². The van der Waals surface area contributed by atoms with Crippen LogP contribution in [0.3, 0.4) is 0 Å². The van der Waals surface area contributed by atoms with Gasteiger partial charge in [-0.05, 0) is 43.7 Å². The van der Waals surface area contributed by atoms with Gasteiger partial charge in [-0.2, -0.15) is 0 Å². The van der Waals surface area contributed by atoms with Crippen LogP contribution in [0.25, 0.3) is 0 Å². The minimum Gasteiger partial charge on any atom is -0.464 e. The molecule has 1 atom stereocenters. The van der Waals surface area contributed by atoms with Gasteiger partial charge in [0.15, 0.2) is 0 Å². The molecule has 2 aromatic rings. The number of benzene rings is 1. The monoisotopic (exact) mass is 323 g/mol. The Bertz CT molecular complexity index is 595. The highest BCUT2D eigenvalue weighted by Crippen LogP contribution is 2.17. The number of rotatable bonds is 6. The van der Waals surface area contributed by atoms with E-state index in [1.54, 1.807) is 11.8 Å². The van der Waals surface area contributed by atoms with Crippen molar-refractivity contribution in [3.63, 3.8) is 0 Å². The molecule has 0 spiro atoms. The SMILES string of the molecule is Cc1ccc(C(C)NC(=O)CSCc2ccc(Cl)cc2)o1.